The third-order valence-corrected chi connectivity index (χ3v) is 1.96. The van der Waals surface area contributed by atoms with Crippen LogP contribution in [0.4, 0.5) is 0 Å². The van der Waals surface area contributed by atoms with Crippen LogP contribution in [0, 0.1) is 22.7 Å². The van der Waals surface area contributed by atoms with Gasteiger partial charge in [-0.1, -0.05) is 6.92 Å². The first-order chi connectivity index (χ1) is 3.75. The zero-order chi connectivity index (χ0) is 6.20. The number of hydrogen-bond acceptors (Lipinski definition) is 2. The first-order valence-electron chi connectivity index (χ1n) is 2.77. The standard InChI is InChI=1S/C6H9NO/c1-5-2-6(5,3-7)4-8/h5,8H,2,4H2,1H3. The molecule has 0 aromatic heterocycles. The molecule has 1 N–H and O–H groups in total. The molecule has 2 nitrogen and oxygen atoms in total. The Bertz CT molecular complexity index is 134. The van der Waals surface area contributed by atoms with Gasteiger partial charge in [0.2, 0.25) is 0 Å². The highest BCUT2D eigenvalue weighted by Gasteiger charge is 2.51. The van der Waals surface area contributed by atoms with Crippen molar-refractivity contribution in [2.75, 3.05) is 6.61 Å². The minimum atomic E-state index is -0.347. The van der Waals surface area contributed by atoms with Gasteiger partial charge < -0.3 is 5.11 Å². The van der Waals surface area contributed by atoms with E-state index in [1.165, 1.54) is 0 Å². The molecule has 0 aromatic rings. The Balaban J connectivity index is 2.56. The third kappa shape index (κ3) is 0.517. The van der Waals surface area contributed by atoms with Crippen molar-refractivity contribution in [3.63, 3.8) is 0 Å². The zero-order valence-corrected chi connectivity index (χ0v) is 4.89. The first-order valence-corrected chi connectivity index (χ1v) is 2.77. The minimum absolute atomic E-state index is 0.0324. The lowest BCUT2D eigenvalue weighted by Gasteiger charge is -1.96. The summed E-state index contributed by atoms with van der Waals surface area (Å²) in [6, 6.07) is 2.10. The molecule has 1 rings (SSSR count). The van der Waals surface area contributed by atoms with Crippen LogP contribution in [0.5, 0.6) is 0 Å². The summed E-state index contributed by atoms with van der Waals surface area (Å²) in [5.74, 6) is 0.414. The summed E-state index contributed by atoms with van der Waals surface area (Å²) in [4.78, 5) is 0. The molecule has 0 aliphatic heterocycles. The van der Waals surface area contributed by atoms with Gasteiger partial charge in [-0.25, -0.2) is 0 Å². The topological polar surface area (TPSA) is 44.0 Å². The molecule has 44 valence electrons. The molecule has 0 saturated heterocycles. The van der Waals surface area contributed by atoms with Gasteiger partial charge in [0.15, 0.2) is 0 Å². The van der Waals surface area contributed by atoms with Crippen molar-refractivity contribution in [3.05, 3.63) is 0 Å². The van der Waals surface area contributed by atoms with Crippen LogP contribution in [-0.2, 0) is 0 Å². The van der Waals surface area contributed by atoms with Crippen molar-refractivity contribution >= 4 is 0 Å². The van der Waals surface area contributed by atoms with Gasteiger partial charge in [0, 0.05) is 0 Å². The van der Waals surface area contributed by atoms with E-state index in [9.17, 15) is 0 Å². The molecule has 0 spiro atoms. The molecule has 0 aromatic carbocycles. The second-order valence-corrected chi connectivity index (χ2v) is 2.53. The predicted molar refractivity (Wildman–Crippen MR) is 28.9 cm³/mol. The van der Waals surface area contributed by atoms with Crippen molar-refractivity contribution in [1.82, 2.24) is 0 Å². The summed E-state index contributed by atoms with van der Waals surface area (Å²) in [5, 5.41) is 17.0. The lowest BCUT2D eigenvalue weighted by molar-refractivity contribution is 0.237. The Morgan fingerprint density at radius 3 is 2.50 bits per heavy atom. The van der Waals surface area contributed by atoms with Crippen LogP contribution in [0.3, 0.4) is 0 Å². The fraction of sp³-hybridized carbons (Fsp3) is 0.833. The van der Waals surface area contributed by atoms with Crippen molar-refractivity contribution in [1.29, 1.82) is 5.26 Å². The summed E-state index contributed by atoms with van der Waals surface area (Å²) < 4.78 is 0. The average molecular weight is 111 g/mol. The van der Waals surface area contributed by atoms with Crippen LogP contribution in [0.15, 0.2) is 0 Å². The van der Waals surface area contributed by atoms with E-state index < -0.39 is 0 Å². The summed E-state index contributed by atoms with van der Waals surface area (Å²) in [7, 11) is 0. The molecule has 1 saturated carbocycles. The molecule has 1 aliphatic rings. The molecular weight excluding hydrogens is 102 g/mol. The second kappa shape index (κ2) is 1.46. The Morgan fingerprint density at radius 2 is 2.50 bits per heavy atom. The Hall–Kier alpha value is -0.550. The van der Waals surface area contributed by atoms with E-state index in [2.05, 4.69) is 6.07 Å². The monoisotopic (exact) mass is 111 g/mol. The molecular formula is C6H9NO. The van der Waals surface area contributed by atoms with Crippen LogP contribution in [0.25, 0.3) is 0 Å². The SMILES string of the molecule is CC1CC1(C#N)CO. The Morgan fingerprint density at radius 1 is 2.00 bits per heavy atom. The number of rotatable bonds is 1. The van der Waals surface area contributed by atoms with Crippen molar-refractivity contribution in [3.8, 4) is 6.07 Å². The zero-order valence-electron chi connectivity index (χ0n) is 4.89. The molecule has 0 radical (unpaired) electrons. The summed E-state index contributed by atoms with van der Waals surface area (Å²) in [5.41, 5.74) is -0.347. The maximum Gasteiger partial charge on any atom is 0.0833 e. The van der Waals surface area contributed by atoms with E-state index >= 15 is 0 Å². The van der Waals surface area contributed by atoms with Crippen molar-refractivity contribution in [2.45, 2.75) is 13.3 Å². The Labute approximate surface area is 48.7 Å². The molecule has 0 amide bonds. The van der Waals surface area contributed by atoms with E-state index in [-0.39, 0.29) is 12.0 Å². The second-order valence-electron chi connectivity index (χ2n) is 2.53. The minimum Gasteiger partial charge on any atom is -0.395 e. The molecule has 2 atom stereocenters. The van der Waals surface area contributed by atoms with Gasteiger partial charge in [0.05, 0.1) is 18.1 Å². The molecule has 2 unspecified atom stereocenters. The number of nitrogens with zero attached hydrogens (tertiary/aromatic N) is 1. The number of aliphatic hydroxyl groups excluding tert-OH is 1. The van der Waals surface area contributed by atoms with Crippen molar-refractivity contribution in [2.24, 2.45) is 11.3 Å². The average Bonchev–Trinajstić information content (AvgIpc) is 2.43. The maximum atomic E-state index is 8.60. The van der Waals surface area contributed by atoms with Crippen LogP contribution in [0.2, 0.25) is 0 Å². The van der Waals surface area contributed by atoms with E-state index in [0.29, 0.717) is 5.92 Å². The van der Waals surface area contributed by atoms with Crippen LogP contribution >= 0.6 is 0 Å². The maximum absolute atomic E-state index is 8.60. The fourth-order valence-corrected chi connectivity index (χ4v) is 0.899. The number of nitriles is 1. The highest BCUT2D eigenvalue weighted by Crippen LogP contribution is 2.50. The fourth-order valence-electron chi connectivity index (χ4n) is 0.899. The van der Waals surface area contributed by atoms with Crippen molar-refractivity contribution < 1.29 is 5.11 Å². The van der Waals surface area contributed by atoms with Gasteiger partial charge in [0.1, 0.15) is 0 Å². The van der Waals surface area contributed by atoms with Crippen LogP contribution < -0.4 is 0 Å². The quantitative estimate of drug-likeness (QED) is 0.536. The first kappa shape index (κ1) is 5.58. The third-order valence-electron chi connectivity index (χ3n) is 1.96. The van der Waals surface area contributed by atoms with E-state index in [0.717, 1.165) is 6.42 Å². The highest BCUT2D eigenvalue weighted by molar-refractivity contribution is 5.14. The lowest BCUT2D eigenvalue weighted by atomic mass is 10.1. The van der Waals surface area contributed by atoms with E-state index in [4.69, 9.17) is 10.4 Å². The number of hydrogen-bond donors (Lipinski definition) is 1. The lowest BCUT2D eigenvalue weighted by Crippen LogP contribution is -2.04. The Kier molecular flexibility index (Phi) is 1.02. The molecule has 0 heterocycles. The number of aliphatic hydroxyl groups is 1. The molecule has 1 fully saturated rings. The predicted octanol–water partition coefficient (Wildman–Crippen LogP) is 0.528. The summed E-state index contributed by atoms with van der Waals surface area (Å²) >= 11 is 0. The molecule has 1 aliphatic carbocycles. The normalized spacial score (nSPS) is 43.4. The van der Waals surface area contributed by atoms with Crippen LogP contribution in [0.1, 0.15) is 13.3 Å². The van der Waals surface area contributed by atoms with Gasteiger partial charge >= 0.3 is 0 Å². The molecule has 2 heteroatoms. The summed E-state index contributed by atoms with van der Waals surface area (Å²) in [6.07, 6.45) is 0.875. The van der Waals surface area contributed by atoms with Gasteiger partial charge in [-0.3, -0.25) is 0 Å². The van der Waals surface area contributed by atoms with Gasteiger partial charge in [0.25, 0.3) is 0 Å². The largest absolute Gasteiger partial charge is 0.395 e. The van der Waals surface area contributed by atoms with Gasteiger partial charge in [-0.2, -0.15) is 5.26 Å². The van der Waals surface area contributed by atoms with Gasteiger partial charge in [-0.15, -0.1) is 0 Å². The van der Waals surface area contributed by atoms with Crippen LogP contribution in [-0.4, -0.2) is 11.7 Å². The highest BCUT2D eigenvalue weighted by atomic mass is 16.3. The van der Waals surface area contributed by atoms with E-state index in [1.807, 2.05) is 6.92 Å². The molecule has 8 heavy (non-hydrogen) atoms. The molecule has 0 bridgehead atoms. The smallest absolute Gasteiger partial charge is 0.0833 e. The van der Waals surface area contributed by atoms with Gasteiger partial charge in [-0.05, 0) is 12.3 Å². The summed E-state index contributed by atoms with van der Waals surface area (Å²) in [6.45, 7) is 2.02. The van der Waals surface area contributed by atoms with E-state index in [1.54, 1.807) is 0 Å².